The lowest BCUT2D eigenvalue weighted by molar-refractivity contribution is 0.891. The van der Waals surface area contributed by atoms with Crippen LogP contribution in [0.1, 0.15) is 16.6 Å². The number of aryl methyl sites for hydroxylation is 2. The molecule has 1 aliphatic heterocycles. The Morgan fingerprint density at radius 2 is 0.830 bits per heavy atom. The standard InChI is InChI=1S/C47H30N6/c1-6-22-38-31(15-1)32-16-2-7-23-39(32)51(38)42-26-10-5-19-37(42)45-48-46-50-47(49-45)53-41-25-9-4-18-34(41)36-21-12-14-30(44(36)53)28-27-29-13-11-20-35-33-17-3-8-24-40(33)52(46)43(29)35/h1-26H,27-28H2/i5D,10D,19D,26D. The first-order valence-electron chi connectivity index (χ1n) is 19.9. The number of hydrogen-bond acceptors (Lipinski definition) is 3. The Morgan fingerprint density at radius 1 is 0.415 bits per heavy atom. The molecule has 0 radical (unpaired) electrons. The molecule has 53 heavy (non-hydrogen) atoms. The molecule has 0 amide bonds. The van der Waals surface area contributed by atoms with Crippen LogP contribution in [0.3, 0.4) is 0 Å². The molecule has 5 heterocycles. The average Bonchev–Trinajstić information content (AvgIpc) is 3.89. The van der Waals surface area contributed by atoms with Gasteiger partial charge in [0.2, 0.25) is 11.9 Å². The van der Waals surface area contributed by atoms with E-state index in [1.807, 2.05) is 77.4 Å². The quantitative estimate of drug-likeness (QED) is 0.182. The zero-order valence-corrected chi connectivity index (χ0v) is 28.3. The Labute approximate surface area is 309 Å². The van der Waals surface area contributed by atoms with E-state index in [-0.39, 0.29) is 41.2 Å². The van der Waals surface area contributed by atoms with E-state index in [0.717, 1.165) is 89.4 Å². The van der Waals surface area contributed by atoms with Crippen molar-refractivity contribution in [2.75, 3.05) is 0 Å². The van der Waals surface area contributed by atoms with Crippen LogP contribution in [0.25, 0.3) is 94.4 Å². The van der Waals surface area contributed by atoms with E-state index in [4.69, 9.17) is 17.7 Å². The van der Waals surface area contributed by atoms with E-state index in [0.29, 0.717) is 11.9 Å². The third kappa shape index (κ3) is 3.95. The Bertz CT molecular complexity index is 3350. The predicted octanol–water partition coefficient (Wildman–Crippen LogP) is 10.9. The molecular formula is C47H30N6. The highest BCUT2D eigenvalue weighted by Gasteiger charge is 2.25. The lowest BCUT2D eigenvalue weighted by Gasteiger charge is -2.16. The van der Waals surface area contributed by atoms with Crippen molar-refractivity contribution in [2.45, 2.75) is 12.8 Å². The van der Waals surface area contributed by atoms with Gasteiger partial charge in [-0.25, -0.2) is 0 Å². The van der Waals surface area contributed by atoms with Crippen LogP contribution in [0.5, 0.6) is 0 Å². The normalized spacial score (nSPS) is 13.8. The zero-order valence-electron chi connectivity index (χ0n) is 32.3. The van der Waals surface area contributed by atoms with Gasteiger partial charge in [-0.1, -0.05) is 121 Å². The maximum atomic E-state index is 9.60. The number of benzene rings is 7. The molecule has 0 aliphatic carbocycles. The molecule has 11 aromatic rings. The second kappa shape index (κ2) is 10.7. The molecule has 0 saturated carbocycles. The number of rotatable bonds is 2. The first-order valence-corrected chi connectivity index (χ1v) is 17.9. The monoisotopic (exact) mass is 682 g/mol. The third-order valence-corrected chi connectivity index (χ3v) is 10.9. The number of para-hydroxylation sites is 7. The van der Waals surface area contributed by atoms with Gasteiger partial charge in [-0.15, -0.1) is 0 Å². The summed E-state index contributed by atoms with van der Waals surface area (Å²) in [4.78, 5) is 15.9. The summed E-state index contributed by atoms with van der Waals surface area (Å²) in [7, 11) is 0. The van der Waals surface area contributed by atoms with Crippen LogP contribution in [0.2, 0.25) is 0 Å². The van der Waals surface area contributed by atoms with E-state index in [1.165, 1.54) is 0 Å². The number of fused-ring (bicyclic) bond motifs is 13. The molecule has 4 aromatic heterocycles. The highest BCUT2D eigenvalue weighted by Crippen LogP contribution is 2.40. The molecule has 0 spiro atoms. The van der Waals surface area contributed by atoms with Gasteiger partial charge in [-0.3, -0.25) is 9.13 Å². The SMILES string of the molecule is [2H]c1c([2H])c([2H])c(-n2c3ccccc3c3ccccc32)c(-c2nc3nc(n2)-n2c4ccccc4c4cccc(c42)CCc2cccc4c5ccccc5n-3c24)c1[2H]. The molecule has 7 aromatic carbocycles. The average molecular weight is 683 g/mol. The van der Waals surface area contributed by atoms with Crippen LogP contribution < -0.4 is 0 Å². The van der Waals surface area contributed by atoms with Gasteiger partial charge in [0.15, 0.2) is 5.82 Å². The van der Waals surface area contributed by atoms with Gasteiger partial charge in [-0.05, 0) is 60.3 Å². The van der Waals surface area contributed by atoms with Crippen molar-refractivity contribution in [1.29, 1.82) is 0 Å². The minimum Gasteiger partial charge on any atom is -0.309 e. The van der Waals surface area contributed by atoms with Crippen molar-refractivity contribution in [3.05, 3.63) is 169 Å². The molecular weight excluding hydrogens is 649 g/mol. The highest BCUT2D eigenvalue weighted by atomic mass is 15.3. The maximum absolute atomic E-state index is 9.60. The largest absolute Gasteiger partial charge is 0.309 e. The lowest BCUT2D eigenvalue weighted by atomic mass is 10.00. The summed E-state index contributed by atoms with van der Waals surface area (Å²) in [5, 5.41) is 6.24. The summed E-state index contributed by atoms with van der Waals surface area (Å²) in [5.41, 5.74) is 8.26. The Morgan fingerprint density at radius 3 is 1.34 bits per heavy atom. The van der Waals surface area contributed by atoms with Gasteiger partial charge >= 0.3 is 0 Å². The van der Waals surface area contributed by atoms with Gasteiger partial charge in [0.05, 0.1) is 44.3 Å². The van der Waals surface area contributed by atoms with Crippen molar-refractivity contribution in [1.82, 2.24) is 28.7 Å². The van der Waals surface area contributed by atoms with E-state index in [1.54, 1.807) is 0 Å². The summed E-state index contributed by atoms with van der Waals surface area (Å²) < 4.78 is 43.3. The van der Waals surface area contributed by atoms with Gasteiger partial charge in [0.1, 0.15) is 0 Å². The Balaban J connectivity index is 1.29. The molecule has 0 fully saturated rings. The molecule has 2 bridgehead atoms. The van der Waals surface area contributed by atoms with Gasteiger partial charge < -0.3 is 4.57 Å². The highest BCUT2D eigenvalue weighted by molar-refractivity contribution is 6.12. The molecule has 12 rings (SSSR count). The molecule has 6 nitrogen and oxygen atoms in total. The fraction of sp³-hybridized carbons (Fsp3) is 0.0426. The Kier molecular flexibility index (Phi) is 5.06. The van der Waals surface area contributed by atoms with Crippen molar-refractivity contribution in [2.24, 2.45) is 0 Å². The van der Waals surface area contributed by atoms with Crippen LogP contribution in [0.15, 0.2) is 158 Å². The fourth-order valence-electron chi connectivity index (χ4n) is 8.73. The van der Waals surface area contributed by atoms with Gasteiger partial charge in [0.25, 0.3) is 0 Å². The second-order valence-electron chi connectivity index (χ2n) is 13.7. The minimum absolute atomic E-state index is 0.143. The molecule has 0 N–H and O–H groups in total. The minimum atomic E-state index is -0.362. The molecule has 6 heteroatoms. The summed E-state index contributed by atoms with van der Waals surface area (Å²) in [6.07, 6.45) is 1.55. The smallest absolute Gasteiger partial charge is 0.240 e. The van der Waals surface area contributed by atoms with Crippen LogP contribution >= 0.6 is 0 Å². The first kappa shape index (κ1) is 25.0. The van der Waals surface area contributed by atoms with Crippen LogP contribution in [-0.2, 0) is 12.8 Å². The third-order valence-electron chi connectivity index (χ3n) is 10.9. The molecule has 0 atom stereocenters. The Hall–Kier alpha value is -7.05. The van der Waals surface area contributed by atoms with Gasteiger partial charge in [-0.2, -0.15) is 15.0 Å². The van der Waals surface area contributed by atoms with E-state index < -0.39 is 0 Å². The number of nitrogens with zero attached hydrogens (tertiary/aromatic N) is 6. The fourth-order valence-corrected chi connectivity index (χ4v) is 8.73. The lowest BCUT2D eigenvalue weighted by Crippen LogP contribution is -2.11. The first-order chi connectivity index (χ1) is 28.0. The van der Waals surface area contributed by atoms with Crippen molar-refractivity contribution >= 4 is 65.4 Å². The molecule has 0 unspecified atom stereocenters. The summed E-state index contributed by atoms with van der Waals surface area (Å²) >= 11 is 0. The number of hydrogen-bond donors (Lipinski definition) is 0. The van der Waals surface area contributed by atoms with Crippen molar-refractivity contribution in [3.63, 3.8) is 0 Å². The molecule has 0 saturated heterocycles. The van der Waals surface area contributed by atoms with E-state index in [2.05, 4.69) is 69.8 Å². The van der Waals surface area contributed by atoms with E-state index in [9.17, 15) is 2.74 Å². The second-order valence-corrected chi connectivity index (χ2v) is 13.7. The number of aromatic nitrogens is 6. The molecule has 248 valence electrons. The summed E-state index contributed by atoms with van der Waals surface area (Å²) in [6, 6.07) is 44.2. The van der Waals surface area contributed by atoms with E-state index >= 15 is 0 Å². The molecule has 1 aliphatic rings. The van der Waals surface area contributed by atoms with Crippen LogP contribution in [-0.4, -0.2) is 28.7 Å². The van der Waals surface area contributed by atoms with Crippen LogP contribution in [0, 0.1) is 0 Å². The topological polar surface area (TPSA) is 53.5 Å². The maximum Gasteiger partial charge on any atom is 0.240 e. The van der Waals surface area contributed by atoms with Crippen molar-refractivity contribution < 1.29 is 5.48 Å². The zero-order chi connectivity index (χ0) is 38.1. The van der Waals surface area contributed by atoms with Crippen LogP contribution in [0.4, 0.5) is 0 Å². The van der Waals surface area contributed by atoms with Gasteiger partial charge in [0, 0.05) is 37.9 Å². The summed E-state index contributed by atoms with van der Waals surface area (Å²) in [6.45, 7) is 0. The summed E-state index contributed by atoms with van der Waals surface area (Å²) in [5.74, 6) is 0.865. The predicted molar refractivity (Wildman–Crippen MR) is 216 cm³/mol. The van der Waals surface area contributed by atoms with Crippen molar-refractivity contribution in [3.8, 4) is 29.0 Å².